The van der Waals surface area contributed by atoms with Crippen LogP contribution >= 0.6 is 0 Å². The van der Waals surface area contributed by atoms with Gasteiger partial charge in [-0.25, -0.2) is 0 Å². The molecule has 0 heterocycles. The number of hydrogen-bond donors (Lipinski definition) is 0. The largest absolute Gasteiger partial charge is 0.378 e. The van der Waals surface area contributed by atoms with E-state index in [9.17, 15) is 0 Å². The number of benzene rings is 1. The van der Waals surface area contributed by atoms with Crippen molar-refractivity contribution in [2.24, 2.45) is 0 Å². The summed E-state index contributed by atoms with van der Waals surface area (Å²) in [5.41, 5.74) is 2.54. The van der Waals surface area contributed by atoms with E-state index < -0.39 is 0 Å². The van der Waals surface area contributed by atoms with Gasteiger partial charge in [-0.05, 0) is 30.7 Å². The van der Waals surface area contributed by atoms with Crippen LogP contribution in [0.3, 0.4) is 0 Å². The van der Waals surface area contributed by atoms with Crippen molar-refractivity contribution in [2.45, 2.75) is 13.3 Å². The van der Waals surface area contributed by atoms with Crippen molar-refractivity contribution >= 4 is 11.4 Å². The fourth-order valence-electron chi connectivity index (χ4n) is 1.47. The third kappa shape index (κ3) is 2.66. The predicted octanol–water partition coefficient (Wildman–Crippen LogP) is 2.60. The van der Waals surface area contributed by atoms with E-state index in [0.29, 0.717) is 0 Å². The Labute approximate surface area is 87.1 Å². The van der Waals surface area contributed by atoms with E-state index in [1.807, 2.05) is 0 Å². The van der Waals surface area contributed by atoms with Gasteiger partial charge < -0.3 is 9.80 Å². The maximum atomic E-state index is 2.28. The zero-order valence-corrected chi connectivity index (χ0v) is 9.62. The SMILES string of the molecule is CCCN(C)c1ccc(N(C)C)cc1. The standard InChI is InChI=1S/C12H20N2/c1-5-10-14(4)12-8-6-11(7-9-12)13(2)3/h6-9H,5,10H2,1-4H3. The van der Waals surface area contributed by atoms with Gasteiger partial charge in [-0.1, -0.05) is 6.92 Å². The van der Waals surface area contributed by atoms with Gasteiger partial charge in [0, 0.05) is 39.1 Å². The molecule has 2 heteroatoms. The summed E-state index contributed by atoms with van der Waals surface area (Å²) < 4.78 is 0. The van der Waals surface area contributed by atoms with E-state index in [4.69, 9.17) is 0 Å². The summed E-state index contributed by atoms with van der Waals surface area (Å²) in [6.07, 6.45) is 1.19. The van der Waals surface area contributed by atoms with Crippen LogP contribution in [0.1, 0.15) is 13.3 Å². The van der Waals surface area contributed by atoms with Gasteiger partial charge in [0.15, 0.2) is 0 Å². The fraction of sp³-hybridized carbons (Fsp3) is 0.500. The molecule has 0 bridgehead atoms. The van der Waals surface area contributed by atoms with Crippen LogP contribution in [0.25, 0.3) is 0 Å². The molecule has 1 rings (SSSR count). The normalized spacial score (nSPS) is 10.0. The minimum absolute atomic E-state index is 1.11. The van der Waals surface area contributed by atoms with Crippen LogP contribution in [-0.2, 0) is 0 Å². The molecule has 2 nitrogen and oxygen atoms in total. The number of rotatable bonds is 4. The Hall–Kier alpha value is -1.18. The number of hydrogen-bond acceptors (Lipinski definition) is 2. The van der Waals surface area contributed by atoms with Crippen molar-refractivity contribution in [2.75, 3.05) is 37.5 Å². The number of nitrogens with zero attached hydrogens (tertiary/aromatic N) is 2. The third-order valence-corrected chi connectivity index (χ3v) is 2.37. The smallest absolute Gasteiger partial charge is 0.0365 e. The predicted molar refractivity (Wildman–Crippen MR) is 64.3 cm³/mol. The lowest BCUT2D eigenvalue weighted by Crippen LogP contribution is -2.17. The van der Waals surface area contributed by atoms with Crippen LogP contribution in [0.4, 0.5) is 11.4 Å². The molecule has 0 amide bonds. The van der Waals surface area contributed by atoms with Gasteiger partial charge in [-0.15, -0.1) is 0 Å². The highest BCUT2D eigenvalue weighted by Crippen LogP contribution is 2.18. The Balaban J connectivity index is 2.72. The van der Waals surface area contributed by atoms with Crippen LogP contribution in [0.2, 0.25) is 0 Å². The molecule has 0 radical (unpaired) electrons. The van der Waals surface area contributed by atoms with Crippen LogP contribution in [0.15, 0.2) is 24.3 Å². The zero-order chi connectivity index (χ0) is 10.6. The second-order valence-corrected chi connectivity index (χ2v) is 3.83. The number of anilines is 2. The van der Waals surface area contributed by atoms with E-state index in [1.54, 1.807) is 0 Å². The molecule has 14 heavy (non-hydrogen) atoms. The molecule has 0 aliphatic rings. The van der Waals surface area contributed by atoms with Gasteiger partial charge in [-0.3, -0.25) is 0 Å². The second-order valence-electron chi connectivity index (χ2n) is 3.83. The molecular formula is C12H20N2. The monoisotopic (exact) mass is 192 g/mol. The quantitative estimate of drug-likeness (QED) is 0.723. The van der Waals surface area contributed by atoms with E-state index in [-0.39, 0.29) is 0 Å². The Morgan fingerprint density at radius 3 is 1.86 bits per heavy atom. The molecule has 0 aliphatic carbocycles. The lowest BCUT2D eigenvalue weighted by Gasteiger charge is -2.19. The first-order valence-corrected chi connectivity index (χ1v) is 5.13. The Morgan fingerprint density at radius 2 is 1.43 bits per heavy atom. The lowest BCUT2D eigenvalue weighted by atomic mass is 10.2. The van der Waals surface area contributed by atoms with Gasteiger partial charge in [0.2, 0.25) is 0 Å². The molecule has 1 aromatic carbocycles. The molecule has 0 aromatic heterocycles. The minimum atomic E-state index is 1.11. The van der Waals surface area contributed by atoms with E-state index in [2.05, 4.69) is 62.1 Å². The van der Waals surface area contributed by atoms with Crippen LogP contribution < -0.4 is 9.80 Å². The highest BCUT2D eigenvalue weighted by molar-refractivity contribution is 5.55. The van der Waals surface area contributed by atoms with E-state index in [0.717, 1.165) is 6.54 Å². The Bertz CT molecular complexity index is 264. The first-order chi connectivity index (χ1) is 6.65. The molecule has 0 atom stereocenters. The topological polar surface area (TPSA) is 6.48 Å². The summed E-state index contributed by atoms with van der Waals surface area (Å²) in [4.78, 5) is 4.39. The average molecular weight is 192 g/mol. The summed E-state index contributed by atoms with van der Waals surface area (Å²) in [6, 6.07) is 8.65. The molecule has 0 aliphatic heterocycles. The van der Waals surface area contributed by atoms with Crippen molar-refractivity contribution in [1.82, 2.24) is 0 Å². The van der Waals surface area contributed by atoms with Crippen molar-refractivity contribution in [1.29, 1.82) is 0 Å². The highest BCUT2D eigenvalue weighted by Gasteiger charge is 1.99. The summed E-state index contributed by atoms with van der Waals surface area (Å²) in [6.45, 7) is 3.31. The molecule has 0 fully saturated rings. The first-order valence-electron chi connectivity index (χ1n) is 5.13. The molecule has 0 N–H and O–H groups in total. The van der Waals surface area contributed by atoms with Gasteiger partial charge in [-0.2, -0.15) is 0 Å². The molecule has 0 saturated carbocycles. The van der Waals surface area contributed by atoms with Crippen LogP contribution in [0, 0.1) is 0 Å². The summed E-state index contributed by atoms with van der Waals surface area (Å²) in [5, 5.41) is 0. The van der Waals surface area contributed by atoms with Crippen molar-refractivity contribution in [3.8, 4) is 0 Å². The first kappa shape index (κ1) is 10.9. The zero-order valence-electron chi connectivity index (χ0n) is 9.62. The highest BCUT2D eigenvalue weighted by atomic mass is 15.1. The molecular weight excluding hydrogens is 172 g/mol. The second kappa shape index (κ2) is 4.89. The molecule has 78 valence electrons. The van der Waals surface area contributed by atoms with Gasteiger partial charge in [0.1, 0.15) is 0 Å². The fourth-order valence-corrected chi connectivity index (χ4v) is 1.47. The van der Waals surface area contributed by atoms with Crippen LogP contribution in [-0.4, -0.2) is 27.7 Å². The molecule has 0 saturated heterocycles. The summed E-state index contributed by atoms with van der Waals surface area (Å²) in [7, 11) is 6.25. The van der Waals surface area contributed by atoms with E-state index >= 15 is 0 Å². The molecule has 1 aromatic rings. The maximum absolute atomic E-state index is 2.28. The third-order valence-electron chi connectivity index (χ3n) is 2.37. The summed E-state index contributed by atoms with van der Waals surface area (Å²) in [5.74, 6) is 0. The van der Waals surface area contributed by atoms with Crippen molar-refractivity contribution < 1.29 is 0 Å². The summed E-state index contributed by atoms with van der Waals surface area (Å²) >= 11 is 0. The average Bonchev–Trinajstić information content (AvgIpc) is 2.18. The lowest BCUT2D eigenvalue weighted by molar-refractivity contribution is 0.852. The molecule has 0 unspecified atom stereocenters. The van der Waals surface area contributed by atoms with Gasteiger partial charge >= 0.3 is 0 Å². The Kier molecular flexibility index (Phi) is 3.81. The van der Waals surface area contributed by atoms with Gasteiger partial charge in [0.25, 0.3) is 0 Å². The van der Waals surface area contributed by atoms with Crippen LogP contribution in [0.5, 0.6) is 0 Å². The van der Waals surface area contributed by atoms with Crippen molar-refractivity contribution in [3.63, 3.8) is 0 Å². The maximum Gasteiger partial charge on any atom is 0.0365 e. The Morgan fingerprint density at radius 1 is 0.929 bits per heavy atom. The minimum Gasteiger partial charge on any atom is -0.378 e. The van der Waals surface area contributed by atoms with E-state index in [1.165, 1.54) is 17.8 Å². The molecule has 0 spiro atoms. The van der Waals surface area contributed by atoms with Crippen molar-refractivity contribution in [3.05, 3.63) is 24.3 Å². The van der Waals surface area contributed by atoms with Gasteiger partial charge in [0.05, 0.1) is 0 Å².